The second-order valence-corrected chi connectivity index (χ2v) is 4.40. The average Bonchev–Trinajstić information content (AvgIpc) is 3.12. The zero-order valence-electron chi connectivity index (χ0n) is 10.1. The minimum atomic E-state index is -0.458. The van der Waals surface area contributed by atoms with Gasteiger partial charge >= 0.3 is 0 Å². The minimum absolute atomic E-state index is 0.133. The highest BCUT2D eigenvalue weighted by atomic mass is 19.1. The number of para-hydroxylation sites is 1. The Bertz CT molecular complexity index is 433. The van der Waals surface area contributed by atoms with Gasteiger partial charge in [-0.25, -0.2) is 4.39 Å². The molecule has 1 aromatic rings. The van der Waals surface area contributed by atoms with Gasteiger partial charge in [0.25, 0.3) is 5.91 Å². The van der Waals surface area contributed by atoms with Crippen molar-refractivity contribution in [2.75, 3.05) is 13.2 Å². The topological polar surface area (TPSA) is 64.3 Å². The van der Waals surface area contributed by atoms with Crippen molar-refractivity contribution >= 4 is 5.91 Å². The van der Waals surface area contributed by atoms with E-state index < -0.39 is 5.82 Å². The molecule has 0 bridgehead atoms. The fourth-order valence-electron chi connectivity index (χ4n) is 1.70. The first kappa shape index (κ1) is 12.8. The van der Waals surface area contributed by atoms with Gasteiger partial charge in [0.2, 0.25) is 0 Å². The van der Waals surface area contributed by atoms with Crippen molar-refractivity contribution in [1.82, 2.24) is 5.32 Å². The van der Waals surface area contributed by atoms with Crippen LogP contribution in [0, 0.1) is 5.82 Å². The maximum Gasteiger partial charge on any atom is 0.258 e. The smallest absolute Gasteiger partial charge is 0.258 e. The summed E-state index contributed by atoms with van der Waals surface area (Å²) < 4.78 is 18.9. The van der Waals surface area contributed by atoms with Gasteiger partial charge in [-0.15, -0.1) is 0 Å². The number of hydrogen-bond acceptors (Lipinski definition) is 3. The highest BCUT2D eigenvalue weighted by Gasteiger charge is 2.23. The average molecular weight is 252 g/mol. The predicted molar refractivity (Wildman–Crippen MR) is 65.8 cm³/mol. The van der Waals surface area contributed by atoms with E-state index in [-0.39, 0.29) is 24.3 Å². The Hall–Kier alpha value is -1.62. The van der Waals surface area contributed by atoms with Gasteiger partial charge in [-0.3, -0.25) is 4.79 Å². The van der Waals surface area contributed by atoms with Crippen LogP contribution in [0.2, 0.25) is 0 Å². The molecule has 1 aromatic carbocycles. The van der Waals surface area contributed by atoms with Crippen LogP contribution in [0.4, 0.5) is 4.39 Å². The molecule has 18 heavy (non-hydrogen) atoms. The monoisotopic (exact) mass is 252 g/mol. The van der Waals surface area contributed by atoms with Crippen LogP contribution in [0.5, 0.6) is 5.75 Å². The molecule has 0 unspecified atom stereocenters. The van der Waals surface area contributed by atoms with Crippen LogP contribution < -0.4 is 15.8 Å². The Labute approximate surface area is 105 Å². The lowest BCUT2D eigenvalue weighted by atomic mass is 10.1. The Morgan fingerprint density at radius 3 is 2.94 bits per heavy atom. The molecule has 1 amide bonds. The molecule has 4 nitrogen and oxygen atoms in total. The molecule has 1 aliphatic carbocycles. The fraction of sp³-hybridized carbons (Fsp3) is 0.462. The number of carbonyl (C=O) groups excluding carboxylic acids is 1. The SMILES string of the molecule is NCCc1cccc(F)c1OCC(=O)NC1CC1. The van der Waals surface area contributed by atoms with E-state index in [0.29, 0.717) is 18.5 Å². The molecule has 0 aromatic heterocycles. The van der Waals surface area contributed by atoms with Gasteiger partial charge in [-0.05, 0) is 37.4 Å². The van der Waals surface area contributed by atoms with E-state index in [0.717, 1.165) is 12.8 Å². The number of hydrogen-bond donors (Lipinski definition) is 2. The summed E-state index contributed by atoms with van der Waals surface area (Å²) in [5.74, 6) is -0.534. The maximum absolute atomic E-state index is 13.6. The van der Waals surface area contributed by atoms with Crippen LogP contribution in [0.1, 0.15) is 18.4 Å². The predicted octanol–water partition coefficient (Wildman–Crippen LogP) is 0.984. The number of ether oxygens (including phenoxy) is 1. The highest BCUT2D eigenvalue weighted by molar-refractivity contribution is 5.78. The summed E-state index contributed by atoms with van der Waals surface area (Å²) in [6.07, 6.45) is 2.56. The maximum atomic E-state index is 13.6. The lowest BCUT2D eigenvalue weighted by Crippen LogP contribution is -2.30. The molecular weight excluding hydrogens is 235 g/mol. The summed E-state index contributed by atoms with van der Waals surface area (Å²) in [6, 6.07) is 4.96. The highest BCUT2D eigenvalue weighted by Crippen LogP contribution is 2.23. The van der Waals surface area contributed by atoms with Gasteiger partial charge in [0.05, 0.1) is 0 Å². The van der Waals surface area contributed by atoms with E-state index in [1.165, 1.54) is 6.07 Å². The van der Waals surface area contributed by atoms with Crippen LogP contribution >= 0.6 is 0 Å². The van der Waals surface area contributed by atoms with Gasteiger partial charge in [0.15, 0.2) is 18.2 Å². The number of benzene rings is 1. The molecule has 0 aliphatic heterocycles. The molecule has 1 saturated carbocycles. The Morgan fingerprint density at radius 2 is 2.28 bits per heavy atom. The van der Waals surface area contributed by atoms with E-state index in [2.05, 4.69) is 5.32 Å². The van der Waals surface area contributed by atoms with Gasteiger partial charge < -0.3 is 15.8 Å². The molecule has 0 atom stereocenters. The number of rotatable bonds is 6. The van der Waals surface area contributed by atoms with Gasteiger partial charge in [-0.1, -0.05) is 12.1 Å². The molecule has 5 heteroatoms. The third kappa shape index (κ3) is 3.43. The molecule has 3 N–H and O–H groups in total. The first-order chi connectivity index (χ1) is 8.70. The molecule has 2 rings (SSSR count). The summed E-state index contributed by atoms with van der Waals surface area (Å²) in [5, 5.41) is 2.78. The van der Waals surface area contributed by atoms with E-state index in [1.807, 2.05) is 0 Å². The van der Waals surface area contributed by atoms with Gasteiger partial charge in [0.1, 0.15) is 0 Å². The summed E-state index contributed by atoms with van der Waals surface area (Å²) in [6.45, 7) is 0.253. The number of nitrogens with one attached hydrogen (secondary N) is 1. The lowest BCUT2D eigenvalue weighted by Gasteiger charge is -2.11. The van der Waals surface area contributed by atoms with E-state index in [9.17, 15) is 9.18 Å². The van der Waals surface area contributed by atoms with Crippen molar-refractivity contribution in [3.63, 3.8) is 0 Å². The van der Waals surface area contributed by atoms with Crippen molar-refractivity contribution in [1.29, 1.82) is 0 Å². The zero-order valence-corrected chi connectivity index (χ0v) is 10.1. The van der Waals surface area contributed by atoms with E-state index in [1.54, 1.807) is 12.1 Å². The van der Waals surface area contributed by atoms with Gasteiger partial charge in [-0.2, -0.15) is 0 Å². The molecule has 0 saturated heterocycles. The van der Waals surface area contributed by atoms with Crippen molar-refractivity contribution < 1.29 is 13.9 Å². The number of halogens is 1. The number of carbonyl (C=O) groups is 1. The number of nitrogens with two attached hydrogens (primary N) is 1. The molecule has 0 radical (unpaired) electrons. The quantitative estimate of drug-likeness (QED) is 0.793. The summed E-state index contributed by atoms with van der Waals surface area (Å²) in [4.78, 5) is 11.5. The molecule has 0 spiro atoms. The normalized spacial score (nSPS) is 14.3. The van der Waals surface area contributed by atoms with Crippen LogP contribution in [-0.4, -0.2) is 25.1 Å². The van der Waals surface area contributed by atoms with Crippen LogP contribution in [0.25, 0.3) is 0 Å². The molecule has 0 heterocycles. The third-order valence-electron chi connectivity index (χ3n) is 2.75. The minimum Gasteiger partial charge on any atom is -0.480 e. The number of amides is 1. The van der Waals surface area contributed by atoms with Crippen LogP contribution in [-0.2, 0) is 11.2 Å². The summed E-state index contributed by atoms with van der Waals surface area (Å²) in [7, 11) is 0. The van der Waals surface area contributed by atoms with Crippen LogP contribution in [0.15, 0.2) is 18.2 Å². The Kier molecular flexibility index (Phi) is 4.15. The van der Waals surface area contributed by atoms with Gasteiger partial charge in [0, 0.05) is 6.04 Å². The molecular formula is C13H17FN2O2. The first-order valence-electron chi connectivity index (χ1n) is 6.10. The van der Waals surface area contributed by atoms with Crippen molar-refractivity contribution in [3.8, 4) is 5.75 Å². The standard InChI is InChI=1S/C13H17FN2O2/c14-11-3-1-2-9(6-7-15)13(11)18-8-12(17)16-10-4-5-10/h1-3,10H,4-8,15H2,(H,16,17). The Morgan fingerprint density at radius 1 is 1.50 bits per heavy atom. The zero-order chi connectivity index (χ0) is 13.0. The molecule has 98 valence electrons. The second kappa shape index (κ2) is 5.82. The Balaban J connectivity index is 1.95. The third-order valence-corrected chi connectivity index (χ3v) is 2.75. The summed E-state index contributed by atoms with van der Waals surface area (Å²) >= 11 is 0. The van der Waals surface area contributed by atoms with E-state index in [4.69, 9.17) is 10.5 Å². The van der Waals surface area contributed by atoms with Crippen LogP contribution in [0.3, 0.4) is 0 Å². The summed E-state index contributed by atoms with van der Waals surface area (Å²) in [5.41, 5.74) is 6.14. The van der Waals surface area contributed by atoms with Crippen molar-refractivity contribution in [3.05, 3.63) is 29.6 Å². The first-order valence-corrected chi connectivity index (χ1v) is 6.10. The van der Waals surface area contributed by atoms with Crippen molar-refractivity contribution in [2.24, 2.45) is 5.73 Å². The molecule has 1 fully saturated rings. The second-order valence-electron chi connectivity index (χ2n) is 4.40. The van der Waals surface area contributed by atoms with Crippen molar-refractivity contribution in [2.45, 2.75) is 25.3 Å². The fourth-order valence-corrected chi connectivity index (χ4v) is 1.70. The lowest BCUT2D eigenvalue weighted by molar-refractivity contribution is -0.123. The largest absolute Gasteiger partial charge is 0.480 e. The van der Waals surface area contributed by atoms with E-state index >= 15 is 0 Å². The molecule has 1 aliphatic rings.